The zero-order valence-electron chi connectivity index (χ0n) is 30.7. The minimum atomic E-state index is -1.16. The Balaban J connectivity index is 0.000000329. The number of carboxylic acid groups (broad SMARTS) is 1. The van der Waals surface area contributed by atoms with Crippen LogP contribution in [0.5, 0.6) is 0 Å². The second-order valence-corrected chi connectivity index (χ2v) is 13.5. The van der Waals surface area contributed by atoms with Gasteiger partial charge in [-0.25, -0.2) is 20.3 Å². The molecule has 15 nitrogen and oxygen atoms in total. The molecular formula is C38H38Cl4N8O7. The number of amides is 3. The third-order valence-electron chi connectivity index (χ3n) is 7.71. The van der Waals surface area contributed by atoms with E-state index in [1.165, 1.54) is 32.0 Å². The molecule has 0 aromatic heterocycles. The van der Waals surface area contributed by atoms with Gasteiger partial charge in [-0.15, -0.1) is 0 Å². The van der Waals surface area contributed by atoms with Crippen molar-refractivity contribution in [1.29, 1.82) is 0 Å². The number of nitrogens with two attached hydrogens (primary N) is 1. The van der Waals surface area contributed by atoms with E-state index in [2.05, 4.69) is 31.2 Å². The quantitative estimate of drug-likeness (QED) is 0.0349. The molecule has 4 atom stereocenters. The van der Waals surface area contributed by atoms with E-state index in [1.54, 1.807) is 68.4 Å². The fourth-order valence-corrected chi connectivity index (χ4v) is 5.36. The van der Waals surface area contributed by atoms with Crippen molar-refractivity contribution in [3.63, 3.8) is 0 Å². The van der Waals surface area contributed by atoms with Crippen molar-refractivity contribution < 1.29 is 34.5 Å². The first-order valence-electron chi connectivity index (χ1n) is 16.4. The summed E-state index contributed by atoms with van der Waals surface area (Å²) in [6, 6.07) is 16.8. The minimum absolute atomic E-state index is 0.263. The number of hydrogen-bond donors (Lipinski definition) is 9. The largest absolute Gasteiger partial charge is 0.480 e. The predicted molar refractivity (Wildman–Crippen MR) is 221 cm³/mol. The number of nitrogens with zero attached hydrogens (tertiary/aromatic N) is 2. The maximum absolute atomic E-state index is 12.5. The minimum Gasteiger partial charge on any atom is -0.480 e. The summed E-state index contributed by atoms with van der Waals surface area (Å²) < 4.78 is 0. The molecule has 0 saturated heterocycles. The van der Waals surface area contributed by atoms with E-state index in [9.17, 15) is 29.4 Å². The summed E-state index contributed by atoms with van der Waals surface area (Å²) in [5.74, 6) is 2.20. The number of carbonyl (C=O) groups excluding carboxylic acids is 3. The number of aliphatic hydroxyl groups is 2. The van der Waals surface area contributed by atoms with Crippen molar-refractivity contribution in [3.05, 3.63) is 138 Å². The molecule has 4 aromatic rings. The summed E-state index contributed by atoms with van der Waals surface area (Å²) in [6.07, 6.45) is -2.14. The first-order valence-corrected chi connectivity index (χ1v) is 17.9. The topological polar surface area (TPSA) is 224 Å². The number of halogens is 4. The lowest BCUT2D eigenvalue weighted by Gasteiger charge is -2.23. The molecule has 0 bridgehead atoms. The first kappa shape index (κ1) is 47.5. The molecule has 4 aromatic carbocycles. The van der Waals surface area contributed by atoms with E-state index in [-0.39, 0.29) is 27.2 Å². The summed E-state index contributed by atoms with van der Waals surface area (Å²) in [5.41, 5.74) is 10.0. The van der Waals surface area contributed by atoms with Gasteiger partial charge in [-0.3, -0.25) is 30.7 Å². The molecule has 300 valence electrons. The summed E-state index contributed by atoms with van der Waals surface area (Å²) in [4.78, 5) is 53.0. The zero-order valence-corrected chi connectivity index (χ0v) is 33.7. The predicted octanol–water partition coefficient (Wildman–Crippen LogP) is 6.86. The van der Waals surface area contributed by atoms with Gasteiger partial charge in [0, 0.05) is 32.5 Å². The van der Waals surface area contributed by atoms with Crippen LogP contribution < -0.4 is 32.8 Å². The second-order valence-electron chi connectivity index (χ2n) is 11.9. The number of hydrogen-bond acceptors (Lipinski definition) is 9. The van der Waals surface area contributed by atoms with Crippen LogP contribution in [0.1, 0.15) is 45.7 Å². The van der Waals surface area contributed by atoms with E-state index in [1.807, 2.05) is 5.43 Å². The van der Waals surface area contributed by atoms with Gasteiger partial charge < -0.3 is 26.0 Å². The van der Waals surface area contributed by atoms with Crippen molar-refractivity contribution in [2.75, 3.05) is 10.6 Å². The maximum atomic E-state index is 12.5. The molecule has 4 rings (SSSR count). The number of aliphatic carboxylic acids is 1. The SMILES string of the molecule is NNC(=O)c1cccc(Cl)c1.[C-]#[N+]c1ccc(N[C@@H](C(=O)NNC(=O)c2cccc(Cl)c2)[C@H](C)O)c(C)c1Cl.[C-]#[N+]c1ccc(N[C@@H](C(=O)O)[C@H](C)O)c(C)c1Cl. The highest BCUT2D eigenvalue weighted by Gasteiger charge is 2.26. The molecule has 0 aliphatic carbocycles. The molecule has 57 heavy (non-hydrogen) atoms. The molecule has 0 aliphatic heterocycles. The molecule has 0 aliphatic rings. The fraction of sp³-hybridized carbons (Fsp3) is 0.211. The molecular weight excluding hydrogens is 822 g/mol. The normalized spacial score (nSPS) is 12.2. The molecule has 3 amide bonds. The number of benzene rings is 4. The lowest BCUT2D eigenvalue weighted by Crippen LogP contribution is -2.52. The van der Waals surface area contributed by atoms with Gasteiger partial charge in [0.1, 0.15) is 6.04 Å². The third-order valence-corrected chi connectivity index (χ3v) is 9.14. The van der Waals surface area contributed by atoms with Crippen LogP contribution in [-0.2, 0) is 9.59 Å². The Morgan fingerprint density at radius 2 is 1.09 bits per heavy atom. The Kier molecular flexibility index (Phi) is 19.0. The molecule has 10 N–H and O–H groups in total. The Bertz CT molecular complexity index is 2170. The number of rotatable bonds is 10. The highest BCUT2D eigenvalue weighted by atomic mass is 35.5. The number of carboxylic acids is 1. The van der Waals surface area contributed by atoms with Gasteiger partial charge in [0.05, 0.1) is 35.4 Å². The Hall–Kier alpha value is -5.62. The van der Waals surface area contributed by atoms with Crippen molar-refractivity contribution in [3.8, 4) is 0 Å². The van der Waals surface area contributed by atoms with Crippen LogP contribution in [0.15, 0.2) is 72.8 Å². The van der Waals surface area contributed by atoms with Crippen LogP contribution in [0.25, 0.3) is 9.69 Å². The lowest BCUT2D eigenvalue weighted by molar-refractivity contribution is -0.140. The van der Waals surface area contributed by atoms with Gasteiger partial charge in [-0.2, -0.15) is 0 Å². The highest BCUT2D eigenvalue weighted by Crippen LogP contribution is 2.34. The average molecular weight is 861 g/mol. The molecule has 0 saturated carbocycles. The number of nitrogen functional groups attached to an aromatic ring is 1. The summed E-state index contributed by atoms with van der Waals surface area (Å²) >= 11 is 23.6. The monoisotopic (exact) mass is 858 g/mol. The van der Waals surface area contributed by atoms with E-state index >= 15 is 0 Å². The molecule has 0 fully saturated rings. The zero-order chi connectivity index (χ0) is 43.0. The Morgan fingerprint density at radius 1 is 0.667 bits per heavy atom. The van der Waals surface area contributed by atoms with Crippen LogP contribution in [-0.4, -0.2) is 63.3 Å². The van der Waals surface area contributed by atoms with E-state index in [0.717, 1.165) is 0 Å². The van der Waals surface area contributed by atoms with Crippen molar-refractivity contribution in [2.45, 2.75) is 52.0 Å². The van der Waals surface area contributed by atoms with Crippen molar-refractivity contribution in [1.82, 2.24) is 16.3 Å². The lowest BCUT2D eigenvalue weighted by atomic mass is 10.1. The highest BCUT2D eigenvalue weighted by molar-refractivity contribution is 6.35. The van der Waals surface area contributed by atoms with Gasteiger partial charge in [0.2, 0.25) is 11.4 Å². The molecule has 0 heterocycles. The van der Waals surface area contributed by atoms with Gasteiger partial charge >= 0.3 is 5.97 Å². The van der Waals surface area contributed by atoms with Crippen LogP contribution in [0.2, 0.25) is 20.1 Å². The first-order chi connectivity index (χ1) is 26.9. The summed E-state index contributed by atoms with van der Waals surface area (Å²) in [6.45, 7) is 20.2. The Labute approximate surface area is 348 Å². The Morgan fingerprint density at radius 3 is 1.46 bits per heavy atom. The number of anilines is 2. The van der Waals surface area contributed by atoms with Gasteiger partial charge in [0.15, 0.2) is 6.04 Å². The van der Waals surface area contributed by atoms with E-state index in [4.69, 9.17) is 70.5 Å². The van der Waals surface area contributed by atoms with Crippen LogP contribution >= 0.6 is 46.4 Å². The van der Waals surface area contributed by atoms with Gasteiger partial charge in [0.25, 0.3) is 17.7 Å². The number of hydrazine groups is 2. The smallest absolute Gasteiger partial charge is 0.328 e. The van der Waals surface area contributed by atoms with Crippen molar-refractivity contribution in [2.24, 2.45) is 5.84 Å². The van der Waals surface area contributed by atoms with E-state index in [0.29, 0.717) is 43.8 Å². The van der Waals surface area contributed by atoms with Crippen molar-refractivity contribution >= 4 is 92.8 Å². The molecule has 0 radical (unpaired) electrons. The van der Waals surface area contributed by atoms with Crippen LogP contribution in [0.4, 0.5) is 22.7 Å². The van der Waals surface area contributed by atoms with Crippen LogP contribution in [0.3, 0.4) is 0 Å². The third kappa shape index (κ3) is 14.1. The van der Waals surface area contributed by atoms with Crippen LogP contribution in [0, 0.1) is 27.0 Å². The fourth-order valence-electron chi connectivity index (χ4n) is 4.57. The summed E-state index contributed by atoms with van der Waals surface area (Å²) in [7, 11) is 0. The average Bonchev–Trinajstić information content (AvgIpc) is 3.17. The molecule has 0 spiro atoms. The van der Waals surface area contributed by atoms with E-state index < -0.39 is 42.1 Å². The number of nitrogens with one attached hydrogen (secondary N) is 5. The second kappa shape index (κ2) is 22.8. The van der Waals surface area contributed by atoms with Gasteiger partial charge in [-0.1, -0.05) is 70.7 Å². The molecule has 19 heteroatoms. The number of aliphatic hydroxyl groups excluding tert-OH is 2. The van der Waals surface area contributed by atoms with Gasteiger partial charge in [-0.05, 0) is 87.4 Å². The maximum Gasteiger partial charge on any atom is 0.328 e. The summed E-state index contributed by atoms with van der Waals surface area (Å²) in [5, 5.41) is 35.4. The standard InChI is InChI=1S/C19H18Cl2N4O3.C12H13ClN2O3.C7H7ClN2O/c1-10-14(7-8-15(22-3)16(10)21)23-17(11(2)26)19(28)25-24-18(27)12-5-4-6-13(20)9-12;1-6-8(4-5-9(14-3)10(6)13)15-11(7(2)16)12(17)18;8-6-3-1-2-5(4-6)7(11)10-9/h4-9,11,17,23,26H,1-2H3,(H,24,27)(H,25,28);4-5,7,11,15-16H,1-2H3,(H,17,18);1-4H,9H2,(H,10,11)/t11-,17+;7-,11+;/m00./s1. The number of carbonyl (C=O) groups is 4. The molecule has 0 unspecified atom stereocenters.